The number of nitrogens with one attached hydrogen (secondary N) is 1. The molecule has 0 radical (unpaired) electrons. The molecule has 0 saturated carbocycles. The predicted molar refractivity (Wildman–Crippen MR) is 74.7 cm³/mol. The van der Waals surface area contributed by atoms with Crippen molar-refractivity contribution >= 4 is 17.4 Å². The molecule has 1 unspecified atom stereocenters. The zero-order valence-corrected chi connectivity index (χ0v) is 11.5. The Morgan fingerprint density at radius 2 is 2.33 bits per heavy atom. The molecule has 1 fully saturated rings. The molecule has 0 spiro atoms. The highest BCUT2D eigenvalue weighted by Gasteiger charge is 2.25. The number of ether oxygens (including phenoxy) is 3. The lowest BCUT2D eigenvalue weighted by atomic mass is 10.1. The minimum absolute atomic E-state index is 0.134. The van der Waals surface area contributed by atoms with E-state index in [0.29, 0.717) is 30.2 Å². The van der Waals surface area contributed by atoms with Gasteiger partial charge in [0.2, 0.25) is 0 Å². The molecule has 21 heavy (non-hydrogen) atoms. The van der Waals surface area contributed by atoms with Crippen molar-refractivity contribution in [3.63, 3.8) is 0 Å². The van der Waals surface area contributed by atoms with Crippen molar-refractivity contribution in [3.05, 3.63) is 23.8 Å². The first-order valence-corrected chi connectivity index (χ1v) is 6.32. The van der Waals surface area contributed by atoms with Gasteiger partial charge in [0.05, 0.1) is 32.6 Å². The summed E-state index contributed by atoms with van der Waals surface area (Å²) in [6.45, 7) is 1.00. The summed E-state index contributed by atoms with van der Waals surface area (Å²) in [5.41, 5.74) is 6.27. The SMILES string of the molecule is COc1cccc(/C(N)=N/O)c1NC(=O)C1COCCO1. The van der Waals surface area contributed by atoms with E-state index < -0.39 is 6.10 Å². The molecule has 0 aliphatic carbocycles. The molecule has 0 aromatic heterocycles. The third kappa shape index (κ3) is 3.41. The van der Waals surface area contributed by atoms with E-state index in [4.69, 9.17) is 25.2 Å². The van der Waals surface area contributed by atoms with Crippen LogP contribution >= 0.6 is 0 Å². The van der Waals surface area contributed by atoms with Gasteiger partial charge in [-0.25, -0.2) is 0 Å². The first-order chi connectivity index (χ1) is 10.2. The van der Waals surface area contributed by atoms with E-state index >= 15 is 0 Å². The van der Waals surface area contributed by atoms with Crippen LogP contribution in [0.4, 0.5) is 5.69 Å². The molecule has 2 rings (SSSR count). The second-order valence-electron chi connectivity index (χ2n) is 4.29. The Morgan fingerprint density at radius 1 is 1.52 bits per heavy atom. The molecule has 1 heterocycles. The Labute approximate surface area is 121 Å². The maximum Gasteiger partial charge on any atom is 0.256 e. The summed E-state index contributed by atoms with van der Waals surface area (Å²) >= 11 is 0. The smallest absolute Gasteiger partial charge is 0.256 e. The zero-order chi connectivity index (χ0) is 15.2. The third-order valence-electron chi connectivity index (χ3n) is 2.99. The van der Waals surface area contributed by atoms with E-state index in [9.17, 15) is 4.79 Å². The Hall–Kier alpha value is -2.32. The molecule has 1 atom stereocenters. The van der Waals surface area contributed by atoms with Gasteiger partial charge in [-0.1, -0.05) is 11.2 Å². The van der Waals surface area contributed by atoms with Gasteiger partial charge in [0.15, 0.2) is 11.9 Å². The number of benzene rings is 1. The lowest BCUT2D eigenvalue weighted by molar-refractivity contribution is -0.142. The molecule has 4 N–H and O–H groups in total. The number of nitrogens with two attached hydrogens (primary N) is 1. The van der Waals surface area contributed by atoms with Crippen LogP contribution in [-0.4, -0.2) is 50.0 Å². The largest absolute Gasteiger partial charge is 0.495 e. The van der Waals surface area contributed by atoms with Crippen molar-refractivity contribution in [2.75, 3.05) is 32.2 Å². The van der Waals surface area contributed by atoms with Crippen LogP contribution in [0.15, 0.2) is 23.4 Å². The quantitative estimate of drug-likeness (QED) is 0.315. The lowest BCUT2D eigenvalue weighted by Gasteiger charge is -2.23. The number of methoxy groups -OCH3 is 1. The maximum absolute atomic E-state index is 12.2. The first kappa shape index (κ1) is 15.1. The second-order valence-corrected chi connectivity index (χ2v) is 4.29. The van der Waals surface area contributed by atoms with Gasteiger partial charge in [-0.05, 0) is 12.1 Å². The summed E-state index contributed by atoms with van der Waals surface area (Å²) in [6, 6.07) is 4.93. The lowest BCUT2D eigenvalue weighted by Crippen LogP contribution is -2.39. The molecule has 8 nitrogen and oxygen atoms in total. The first-order valence-electron chi connectivity index (χ1n) is 6.32. The van der Waals surface area contributed by atoms with Crippen LogP contribution in [0.1, 0.15) is 5.56 Å². The van der Waals surface area contributed by atoms with Gasteiger partial charge >= 0.3 is 0 Å². The van der Waals surface area contributed by atoms with E-state index in [1.54, 1.807) is 18.2 Å². The molecule has 1 aromatic rings. The van der Waals surface area contributed by atoms with Gasteiger partial charge in [0.1, 0.15) is 5.75 Å². The summed E-state index contributed by atoms with van der Waals surface area (Å²) in [5.74, 6) is -0.125. The number of hydrogen-bond acceptors (Lipinski definition) is 6. The van der Waals surface area contributed by atoms with Gasteiger partial charge < -0.3 is 30.5 Å². The molecule has 8 heteroatoms. The molecule has 1 saturated heterocycles. The molecule has 0 bridgehead atoms. The minimum atomic E-state index is -0.705. The highest BCUT2D eigenvalue weighted by atomic mass is 16.6. The topological polar surface area (TPSA) is 115 Å². The summed E-state index contributed by atoms with van der Waals surface area (Å²) in [4.78, 5) is 12.2. The maximum atomic E-state index is 12.2. The highest BCUT2D eigenvalue weighted by Crippen LogP contribution is 2.28. The van der Waals surface area contributed by atoms with Crippen LogP contribution in [0.3, 0.4) is 0 Å². The Morgan fingerprint density at radius 3 is 2.95 bits per heavy atom. The normalized spacial score (nSPS) is 19.1. The molecule has 1 aromatic carbocycles. The summed E-state index contributed by atoms with van der Waals surface area (Å²) in [5, 5.41) is 14.4. The van der Waals surface area contributed by atoms with Crippen molar-refractivity contribution in [1.29, 1.82) is 0 Å². The van der Waals surface area contributed by atoms with Crippen LogP contribution in [0.5, 0.6) is 5.75 Å². The number of para-hydroxylation sites is 1. The van der Waals surface area contributed by atoms with Crippen LogP contribution < -0.4 is 15.8 Å². The molecule has 114 valence electrons. The van der Waals surface area contributed by atoms with E-state index in [1.807, 2.05) is 0 Å². The predicted octanol–water partition coefficient (Wildman–Crippen LogP) is 0.144. The van der Waals surface area contributed by atoms with Crippen molar-refractivity contribution in [2.45, 2.75) is 6.10 Å². The van der Waals surface area contributed by atoms with Crippen LogP contribution in [0.25, 0.3) is 0 Å². The Kier molecular flexibility index (Phi) is 4.96. The van der Waals surface area contributed by atoms with Gasteiger partial charge in [-0.3, -0.25) is 4.79 Å². The van der Waals surface area contributed by atoms with Crippen molar-refractivity contribution in [3.8, 4) is 5.75 Å². The average molecular weight is 295 g/mol. The van der Waals surface area contributed by atoms with Crippen molar-refractivity contribution in [2.24, 2.45) is 10.9 Å². The van der Waals surface area contributed by atoms with Gasteiger partial charge in [0.25, 0.3) is 5.91 Å². The van der Waals surface area contributed by atoms with E-state index in [-0.39, 0.29) is 18.3 Å². The summed E-state index contributed by atoms with van der Waals surface area (Å²) < 4.78 is 15.7. The molecular formula is C13H17N3O5. The molecule has 1 amide bonds. The number of oxime groups is 1. The standard InChI is InChI=1S/C13H17N3O5/c1-19-9-4-2-3-8(12(14)16-18)11(9)15-13(17)10-7-20-5-6-21-10/h2-4,10,18H,5-7H2,1H3,(H2,14,16)(H,15,17). The fourth-order valence-corrected chi connectivity index (χ4v) is 1.94. The molecular weight excluding hydrogens is 278 g/mol. The Bertz CT molecular complexity index is 541. The summed E-state index contributed by atoms with van der Waals surface area (Å²) in [7, 11) is 1.46. The van der Waals surface area contributed by atoms with Gasteiger partial charge in [-0.2, -0.15) is 0 Å². The number of amides is 1. The fourth-order valence-electron chi connectivity index (χ4n) is 1.94. The third-order valence-corrected chi connectivity index (χ3v) is 2.99. The number of amidine groups is 1. The number of rotatable bonds is 4. The number of nitrogens with zero attached hydrogens (tertiary/aromatic N) is 1. The number of hydrogen-bond donors (Lipinski definition) is 3. The molecule has 1 aliphatic rings. The van der Waals surface area contributed by atoms with E-state index in [2.05, 4.69) is 10.5 Å². The highest BCUT2D eigenvalue weighted by molar-refractivity contribution is 6.07. The second kappa shape index (κ2) is 6.91. The van der Waals surface area contributed by atoms with E-state index in [1.165, 1.54) is 7.11 Å². The number of carbonyl (C=O) groups excluding carboxylic acids is 1. The monoisotopic (exact) mass is 295 g/mol. The van der Waals surface area contributed by atoms with Crippen molar-refractivity contribution in [1.82, 2.24) is 0 Å². The van der Waals surface area contributed by atoms with Crippen LogP contribution in [-0.2, 0) is 14.3 Å². The minimum Gasteiger partial charge on any atom is -0.495 e. The number of carbonyl (C=O) groups is 1. The summed E-state index contributed by atoms with van der Waals surface area (Å²) in [6.07, 6.45) is -0.705. The average Bonchev–Trinajstić information content (AvgIpc) is 2.55. The fraction of sp³-hybridized carbons (Fsp3) is 0.385. The van der Waals surface area contributed by atoms with Crippen molar-refractivity contribution < 1.29 is 24.2 Å². The Balaban J connectivity index is 2.26. The van der Waals surface area contributed by atoms with Crippen LogP contribution in [0, 0.1) is 0 Å². The van der Waals surface area contributed by atoms with Gasteiger partial charge in [0, 0.05) is 5.56 Å². The van der Waals surface area contributed by atoms with Gasteiger partial charge in [-0.15, -0.1) is 0 Å². The zero-order valence-electron chi connectivity index (χ0n) is 11.5. The van der Waals surface area contributed by atoms with Crippen LogP contribution in [0.2, 0.25) is 0 Å². The molecule has 1 aliphatic heterocycles. The number of anilines is 1. The van der Waals surface area contributed by atoms with E-state index in [0.717, 1.165) is 0 Å².